The van der Waals surface area contributed by atoms with Gasteiger partial charge in [0.1, 0.15) is 11.6 Å². The van der Waals surface area contributed by atoms with Crippen LogP contribution in [0.2, 0.25) is 0 Å². The van der Waals surface area contributed by atoms with Gasteiger partial charge in [-0.2, -0.15) is 4.98 Å². The van der Waals surface area contributed by atoms with Crippen LogP contribution in [0.25, 0.3) is 11.1 Å². The average Bonchev–Trinajstić information content (AvgIpc) is 3.53. The zero-order chi connectivity index (χ0) is 21.3. The lowest BCUT2D eigenvalue weighted by atomic mass is 10.1. The molecule has 156 valence electrons. The highest BCUT2D eigenvalue weighted by Crippen LogP contribution is 2.47. The summed E-state index contributed by atoms with van der Waals surface area (Å²) >= 11 is 0. The van der Waals surface area contributed by atoms with Crippen molar-refractivity contribution >= 4 is 0 Å². The molecule has 0 amide bonds. The maximum absolute atomic E-state index is 12.1. The Hall–Kier alpha value is -3.22. The number of aromatic nitrogens is 4. The number of aryl methyl sites for hydroxylation is 1. The molecule has 7 nitrogen and oxygen atoms in total. The van der Waals surface area contributed by atoms with E-state index in [1.165, 1.54) is 0 Å². The Labute approximate surface area is 175 Å². The molecule has 7 heteroatoms. The first kappa shape index (κ1) is 20.1. The van der Waals surface area contributed by atoms with Crippen LogP contribution in [-0.4, -0.2) is 33.2 Å². The minimum atomic E-state index is -0.0120. The summed E-state index contributed by atoms with van der Waals surface area (Å²) in [4.78, 5) is 25.5. The zero-order valence-corrected chi connectivity index (χ0v) is 17.8. The Kier molecular flexibility index (Phi) is 5.53. The molecule has 3 aromatic heterocycles. The average molecular weight is 406 g/mol. The number of nitrogens with zero attached hydrogens (tertiary/aromatic N) is 4. The van der Waals surface area contributed by atoms with Crippen molar-refractivity contribution < 1.29 is 9.47 Å². The van der Waals surface area contributed by atoms with Crippen LogP contribution in [0.1, 0.15) is 36.5 Å². The van der Waals surface area contributed by atoms with E-state index in [2.05, 4.69) is 15.0 Å². The van der Waals surface area contributed by atoms with Crippen LogP contribution in [-0.2, 0) is 6.54 Å². The van der Waals surface area contributed by atoms with Crippen LogP contribution in [0, 0.1) is 19.8 Å². The third-order valence-electron chi connectivity index (χ3n) is 5.67. The molecule has 1 fully saturated rings. The number of methoxy groups -OCH3 is 1. The van der Waals surface area contributed by atoms with Crippen LogP contribution in [0.4, 0.5) is 0 Å². The maximum Gasteiger partial charge on any atom is 0.250 e. The van der Waals surface area contributed by atoms with Gasteiger partial charge in [-0.15, -0.1) is 0 Å². The van der Waals surface area contributed by atoms with E-state index in [4.69, 9.17) is 9.47 Å². The van der Waals surface area contributed by atoms with E-state index in [-0.39, 0.29) is 5.56 Å². The molecule has 1 aliphatic rings. The van der Waals surface area contributed by atoms with Gasteiger partial charge >= 0.3 is 0 Å². The van der Waals surface area contributed by atoms with Crippen LogP contribution in [0.3, 0.4) is 0 Å². The van der Waals surface area contributed by atoms with E-state index in [0.29, 0.717) is 36.7 Å². The van der Waals surface area contributed by atoms with Crippen molar-refractivity contribution in [2.45, 2.75) is 39.7 Å². The molecule has 2 atom stereocenters. The van der Waals surface area contributed by atoms with Gasteiger partial charge in [0.2, 0.25) is 5.88 Å². The van der Waals surface area contributed by atoms with E-state index < -0.39 is 0 Å². The fourth-order valence-corrected chi connectivity index (χ4v) is 3.81. The van der Waals surface area contributed by atoms with Crippen molar-refractivity contribution in [2.24, 2.45) is 5.92 Å². The molecule has 1 aliphatic carbocycles. The van der Waals surface area contributed by atoms with Crippen LogP contribution >= 0.6 is 0 Å². The second kappa shape index (κ2) is 8.26. The van der Waals surface area contributed by atoms with Gasteiger partial charge in [0.15, 0.2) is 0 Å². The molecular weight excluding hydrogens is 380 g/mol. The van der Waals surface area contributed by atoms with Gasteiger partial charge < -0.3 is 14.0 Å². The first-order valence-electron chi connectivity index (χ1n) is 10.2. The lowest BCUT2D eigenvalue weighted by Crippen LogP contribution is -2.21. The molecule has 0 radical (unpaired) electrons. The van der Waals surface area contributed by atoms with Crippen molar-refractivity contribution in [2.75, 3.05) is 13.7 Å². The predicted molar refractivity (Wildman–Crippen MR) is 114 cm³/mol. The summed E-state index contributed by atoms with van der Waals surface area (Å²) in [6.45, 7) is 6.92. The van der Waals surface area contributed by atoms with E-state index in [9.17, 15) is 4.79 Å². The first-order valence-corrected chi connectivity index (χ1v) is 10.2. The summed E-state index contributed by atoms with van der Waals surface area (Å²) in [6.07, 6.45) is 4.57. The summed E-state index contributed by atoms with van der Waals surface area (Å²) in [7, 11) is 1.64. The van der Waals surface area contributed by atoms with Crippen LogP contribution < -0.4 is 15.0 Å². The number of hydrogen-bond donors (Lipinski definition) is 0. The molecular formula is C23H26N4O3. The van der Waals surface area contributed by atoms with Gasteiger partial charge in [-0.3, -0.25) is 9.78 Å². The molecule has 0 N–H and O–H groups in total. The van der Waals surface area contributed by atoms with Crippen molar-refractivity contribution in [3.8, 4) is 22.8 Å². The number of ether oxygens (including phenoxy) is 2. The molecule has 3 heterocycles. The largest absolute Gasteiger partial charge is 0.495 e. The summed E-state index contributed by atoms with van der Waals surface area (Å²) < 4.78 is 13.1. The molecule has 4 rings (SSSR count). The van der Waals surface area contributed by atoms with Gasteiger partial charge in [0.05, 0.1) is 25.5 Å². The highest BCUT2D eigenvalue weighted by atomic mass is 16.5. The molecule has 2 unspecified atom stereocenters. The van der Waals surface area contributed by atoms with Crippen molar-refractivity contribution in [1.29, 1.82) is 0 Å². The van der Waals surface area contributed by atoms with Crippen LogP contribution in [0.15, 0.2) is 41.5 Å². The summed E-state index contributed by atoms with van der Waals surface area (Å²) in [5.41, 5.74) is 3.65. The third-order valence-corrected chi connectivity index (χ3v) is 5.67. The number of rotatable bonds is 7. The van der Waals surface area contributed by atoms with Gasteiger partial charge in [-0.05, 0) is 45.4 Å². The summed E-state index contributed by atoms with van der Waals surface area (Å²) in [6, 6.07) is 7.37. The van der Waals surface area contributed by atoms with Crippen molar-refractivity contribution in [1.82, 2.24) is 19.5 Å². The van der Waals surface area contributed by atoms with Gasteiger partial charge in [-0.1, -0.05) is 0 Å². The molecule has 3 aromatic rings. The minimum Gasteiger partial charge on any atom is -0.495 e. The second-order valence-electron chi connectivity index (χ2n) is 7.59. The number of pyridine rings is 2. The predicted octanol–water partition coefficient (Wildman–Crippen LogP) is 3.53. The van der Waals surface area contributed by atoms with E-state index in [1.54, 1.807) is 30.1 Å². The molecule has 0 saturated heterocycles. The Morgan fingerprint density at radius 3 is 2.63 bits per heavy atom. The maximum atomic E-state index is 12.1. The van der Waals surface area contributed by atoms with E-state index in [0.717, 1.165) is 34.7 Å². The van der Waals surface area contributed by atoms with Crippen molar-refractivity contribution in [3.05, 3.63) is 64.2 Å². The molecule has 1 saturated carbocycles. The smallest absolute Gasteiger partial charge is 0.250 e. The van der Waals surface area contributed by atoms with Gasteiger partial charge in [0, 0.05) is 47.6 Å². The fraction of sp³-hybridized carbons (Fsp3) is 0.391. The topological polar surface area (TPSA) is 79.1 Å². The standard InChI is InChI=1S/C23H26N4O3/c1-5-27-14(2)18(7-9-22(27)28)20-12-24-15(3)26-23(20)30-13-16-10-19(16)21-8-6-17(29-4)11-25-21/h6-9,11-12,16,19H,5,10,13H2,1-4H3. The Morgan fingerprint density at radius 1 is 1.10 bits per heavy atom. The first-order chi connectivity index (χ1) is 14.5. The second-order valence-corrected chi connectivity index (χ2v) is 7.59. The molecule has 0 aliphatic heterocycles. The molecule has 0 bridgehead atoms. The van der Waals surface area contributed by atoms with Gasteiger partial charge in [0.25, 0.3) is 5.56 Å². The van der Waals surface area contributed by atoms with E-state index >= 15 is 0 Å². The van der Waals surface area contributed by atoms with Gasteiger partial charge in [-0.25, -0.2) is 4.98 Å². The Morgan fingerprint density at radius 2 is 1.93 bits per heavy atom. The SMILES string of the molecule is CCn1c(C)c(-c2cnc(C)nc2OCC2CC2c2ccc(OC)cn2)ccc1=O. The van der Waals surface area contributed by atoms with Crippen molar-refractivity contribution in [3.63, 3.8) is 0 Å². The summed E-state index contributed by atoms with van der Waals surface area (Å²) in [5.74, 6) is 2.77. The molecule has 0 aromatic carbocycles. The normalized spacial score (nSPS) is 17.6. The monoisotopic (exact) mass is 406 g/mol. The lowest BCUT2D eigenvalue weighted by Gasteiger charge is -2.15. The van der Waals surface area contributed by atoms with E-state index in [1.807, 2.05) is 39.0 Å². The highest BCUT2D eigenvalue weighted by Gasteiger charge is 2.40. The molecule has 30 heavy (non-hydrogen) atoms. The minimum absolute atomic E-state index is 0.0120. The quantitative estimate of drug-likeness (QED) is 0.597. The lowest BCUT2D eigenvalue weighted by molar-refractivity contribution is 0.285. The summed E-state index contributed by atoms with van der Waals surface area (Å²) in [5, 5.41) is 0. The Balaban J connectivity index is 1.53. The fourth-order valence-electron chi connectivity index (χ4n) is 3.81. The Bertz CT molecular complexity index is 1110. The third kappa shape index (κ3) is 3.92. The van der Waals surface area contributed by atoms with Crippen LogP contribution in [0.5, 0.6) is 11.6 Å². The number of hydrogen-bond acceptors (Lipinski definition) is 6. The zero-order valence-electron chi connectivity index (χ0n) is 17.8. The molecule has 0 spiro atoms. The highest BCUT2D eigenvalue weighted by molar-refractivity contribution is 5.69.